The Morgan fingerprint density at radius 3 is 2.00 bits per heavy atom. The van der Waals surface area contributed by atoms with Crippen LogP contribution in [0.3, 0.4) is 0 Å². The largest absolute Gasteiger partial charge is 0.356 e. The summed E-state index contributed by atoms with van der Waals surface area (Å²) in [6, 6.07) is 2.17. The van der Waals surface area contributed by atoms with Crippen LogP contribution in [0, 0.1) is 13.8 Å². The summed E-state index contributed by atoms with van der Waals surface area (Å²) in [5, 5.41) is 1.14. The monoisotopic (exact) mass is 344 g/mol. The maximum atomic E-state index is 4.69. The minimum atomic E-state index is 0.868. The van der Waals surface area contributed by atoms with Gasteiger partial charge >= 0.3 is 0 Å². The van der Waals surface area contributed by atoms with Crippen molar-refractivity contribution in [2.45, 2.75) is 26.7 Å². The number of aryl methyl sites for hydroxylation is 2. The van der Waals surface area contributed by atoms with Crippen molar-refractivity contribution in [2.75, 3.05) is 54.0 Å². The van der Waals surface area contributed by atoms with E-state index in [-0.39, 0.29) is 0 Å². The molecule has 4 heterocycles. The fourth-order valence-electron chi connectivity index (χ4n) is 3.42. The number of nitrogens with zero attached hydrogens (tertiary/aromatic N) is 6. The highest BCUT2D eigenvalue weighted by Gasteiger charge is 2.22. The molecule has 0 amide bonds. The van der Waals surface area contributed by atoms with Crippen LogP contribution in [-0.2, 0) is 0 Å². The molecular weight excluding hydrogens is 320 g/mol. The Hall–Kier alpha value is -1.89. The number of anilines is 3. The lowest BCUT2D eigenvalue weighted by Crippen LogP contribution is -2.47. The highest BCUT2D eigenvalue weighted by Crippen LogP contribution is 2.26. The molecule has 4 rings (SSSR count). The van der Waals surface area contributed by atoms with E-state index in [9.17, 15) is 0 Å². The van der Waals surface area contributed by atoms with Gasteiger partial charge in [0, 0.05) is 56.4 Å². The number of piperazine rings is 1. The second-order valence-corrected chi connectivity index (χ2v) is 7.77. The molecule has 24 heavy (non-hydrogen) atoms. The lowest BCUT2D eigenvalue weighted by atomic mass is 10.3. The fraction of sp³-hybridized carbons (Fsp3) is 0.588. The maximum Gasteiger partial charge on any atom is 0.185 e. The molecule has 0 aromatic carbocycles. The van der Waals surface area contributed by atoms with Gasteiger partial charge in [-0.2, -0.15) is 0 Å². The van der Waals surface area contributed by atoms with Gasteiger partial charge in [0.05, 0.1) is 0 Å². The van der Waals surface area contributed by atoms with Gasteiger partial charge in [-0.25, -0.2) is 15.0 Å². The highest BCUT2D eigenvalue weighted by atomic mass is 32.1. The number of thiazole rings is 1. The van der Waals surface area contributed by atoms with Crippen LogP contribution in [-0.4, -0.2) is 54.2 Å². The number of rotatable bonds is 3. The van der Waals surface area contributed by atoms with Gasteiger partial charge in [0.2, 0.25) is 0 Å². The van der Waals surface area contributed by atoms with E-state index in [1.54, 1.807) is 11.3 Å². The first-order valence-corrected chi connectivity index (χ1v) is 9.54. The highest BCUT2D eigenvalue weighted by molar-refractivity contribution is 7.15. The van der Waals surface area contributed by atoms with Crippen molar-refractivity contribution in [1.82, 2.24) is 15.0 Å². The van der Waals surface area contributed by atoms with E-state index in [1.165, 1.54) is 17.7 Å². The molecule has 2 saturated heterocycles. The number of hydrogen-bond acceptors (Lipinski definition) is 7. The van der Waals surface area contributed by atoms with Crippen LogP contribution in [0.2, 0.25) is 0 Å². The molecule has 0 unspecified atom stereocenters. The topological polar surface area (TPSA) is 48.4 Å². The van der Waals surface area contributed by atoms with E-state index in [2.05, 4.69) is 42.6 Å². The zero-order valence-corrected chi connectivity index (χ0v) is 15.2. The predicted molar refractivity (Wildman–Crippen MR) is 99.5 cm³/mol. The molecular formula is C17H24N6S. The van der Waals surface area contributed by atoms with Crippen LogP contribution < -0.4 is 14.7 Å². The van der Waals surface area contributed by atoms with E-state index in [0.29, 0.717) is 0 Å². The molecule has 2 fully saturated rings. The third kappa shape index (κ3) is 3.17. The van der Waals surface area contributed by atoms with Gasteiger partial charge in [0.1, 0.15) is 17.5 Å². The molecule has 2 aromatic heterocycles. The molecule has 2 aliphatic rings. The van der Waals surface area contributed by atoms with E-state index >= 15 is 0 Å². The molecule has 0 spiro atoms. The molecule has 6 nitrogen and oxygen atoms in total. The normalized spacial score (nSPS) is 18.5. The minimum absolute atomic E-state index is 0.868. The van der Waals surface area contributed by atoms with Gasteiger partial charge in [0.25, 0.3) is 0 Å². The maximum absolute atomic E-state index is 4.69. The van der Waals surface area contributed by atoms with Gasteiger partial charge in [-0.3, -0.25) is 0 Å². The van der Waals surface area contributed by atoms with Gasteiger partial charge in [0.15, 0.2) is 5.13 Å². The SMILES string of the molecule is Cc1nc(N2CCCC2)cc(N2CCN(c3ncc(C)s3)CC2)n1. The van der Waals surface area contributed by atoms with Crippen LogP contribution in [0.25, 0.3) is 0 Å². The van der Waals surface area contributed by atoms with Crippen molar-refractivity contribution in [3.8, 4) is 0 Å². The molecule has 0 saturated carbocycles. The predicted octanol–water partition coefficient (Wildman–Crippen LogP) is 2.48. The summed E-state index contributed by atoms with van der Waals surface area (Å²) >= 11 is 1.78. The summed E-state index contributed by atoms with van der Waals surface area (Å²) in [6.07, 6.45) is 4.50. The third-order valence-corrected chi connectivity index (χ3v) is 5.70. The molecule has 128 valence electrons. The Kier molecular flexibility index (Phi) is 4.26. The van der Waals surface area contributed by atoms with Crippen molar-refractivity contribution in [3.05, 3.63) is 23.0 Å². The van der Waals surface area contributed by atoms with Crippen molar-refractivity contribution in [2.24, 2.45) is 0 Å². The first kappa shape index (κ1) is 15.6. The van der Waals surface area contributed by atoms with Gasteiger partial charge in [-0.05, 0) is 26.7 Å². The second kappa shape index (κ2) is 6.55. The molecule has 2 aromatic rings. The Morgan fingerprint density at radius 1 is 0.833 bits per heavy atom. The van der Waals surface area contributed by atoms with Crippen molar-refractivity contribution < 1.29 is 0 Å². The lowest BCUT2D eigenvalue weighted by Gasteiger charge is -2.35. The van der Waals surface area contributed by atoms with E-state index < -0.39 is 0 Å². The Labute approximate surface area is 147 Å². The molecule has 0 aliphatic carbocycles. The number of aromatic nitrogens is 3. The smallest absolute Gasteiger partial charge is 0.185 e. The Morgan fingerprint density at radius 2 is 1.42 bits per heavy atom. The van der Waals surface area contributed by atoms with Crippen molar-refractivity contribution in [1.29, 1.82) is 0 Å². The van der Waals surface area contributed by atoms with E-state index in [4.69, 9.17) is 0 Å². The molecule has 0 atom stereocenters. The van der Waals surface area contributed by atoms with E-state index in [1.807, 2.05) is 13.1 Å². The van der Waals surface area contributed by atoms with Crippen LogP contribution in [0.4, 0.5) is 16.8 Å². The standard InChI is InChI=1S/C17H24N6S/c1-13-12-18-17(24-13)23-9-7-22(8-10-23)16-11-15(19-14(2)20-16)21-5-3-4-6-21/h11-12H,3-10H2,1-2H3. The van der Waals surface area contributed by atoms with Crippen LogP contribution in [0.5, 0.6) is 0 Å². The quantitative estimate of drug-likeness (QED) is 0.852. The molecule has 0 N–H and O–H groups in total. The average Bonchev–Trinajstić information content (AvgIpc) is 3.26. The van der Waals surface area contributed by atoms with Gasteiger partial charge in [-0.15, -0.1) is 11.3 Å². The Balaban J connectivity index is 1.47. The fourth-order valence-corrected chi connectivity index (χ4v) is 4.23. The summed E-state index contributed by atoms with van der Waals surface area (Å²) in [5.74, 6) is 3.03. The first-order valence-electron chi connectivity index (χ1n) is 8.72. The van der Waals surface area contributed by atoms with Gasteiger partial charge < -0.3 is 14.7 Å². The lowest BCUT2D eigenvalue weighted by molar-refractivity contribution is 0.644. The average molecular weight is 344 g/mol. The van der Waals surface area contributed by atoms with Gasteiger partial charge in [-0.1, -0.05) is 0 Å². The molecule has 0 radical (unpaired) electrons. The van der Waals surface area contributed by atoms with Crippen LogP contribution in [0.15, 0.2) is 12.3 Å². The number of hydrogen-bond donors (Lipinski definition) is 0. The van der Waals surface area contributed by atoms with E-state index in [0.717, 1.165) is 61.9 Å². The minimum Gasteiger partial charge on any atom is -0.356 e. The van der Waals surface area contributed by atoms with Crippen molar-refractivity contribution >= 4 is 28.1 Å². The zero-order valence-electron chi connectivity index (χ0n) is 14.4. The molecule has 2 aliphatic heterocycles. The third-order valence-electron chi connectivity index (χ3n) is 4.72. The first-order chi connectivity index (χ1) is 11.7. The summed E-state index contributed by atoms with van der Waals surface area (Å²) < 4.78 is 0. The molecule has 7 heteroatoms. The van der Waals surface area contributed by atoms with Crippen LogP contribution in [0.1, 0.15) is 23.5 Å². The molecule has 0 bridgehead atoms. The Bertz CT molecular complexity index is 701. The summed E-state index contributed by atoms with van der Waals surface area (Å²) in [5.41, 5.74) is 0. The summed E-state index contributed by atoms with van der Waals surface area (Å²) in [6.45, 7) is 10.3. The zero-order chi connectivity index (χ0) is 16.5. The second-order valence-electron chi connectivity index (χ2n) is 6.55. The summed E-state index contributed by atoms with van der Waals surface area (Å²) in [7, 11) is 0. The van der Waals surface area contributed by atoms with Crippen LogP contribution >= 0.6 is 11.3 Å². The van der Waals surface area contributed by atoms with Crippen molar-refractivity contribution in [3.63, 3.8) is 0 Å². The summed E-state index contributed by atoms with van der Waals surface area (Å²) in [4.78, 5) is 22.3.